The summed E-state index contributed by atoms with van der Waals surface area (Å²) in [6.07, 6.45) is 3.66. The first-order valence-corrected chi connectivity index (χ1v) is 10.3. The lowest BCUT2D eigenvalue weighted by atomic mass is 10.1. The van der Waals surface area contributed by atoms with Crippen molar-refractivity contribution in [3.63, 3.8) is 0 Å². The molecule has 0 aliphatic carbocycles. The van der Waals surface area contributed by atoms with Crippen molar-refractivity contribution in [2.45, 2.75) is 33.0 Å². The van der Waals surface area contributed by atoms with Crippen LogP contribution in [0.4, 0.5) is 5.69 Å². The average molecular weight is 527 g/mol. The van der Waals surface area contributed by atoms with Crippen molar-refractivity contribution in [3.05, 3.63) is 72.1 Å². The van der Waals surface area contributed by atoms with E-state index in [0.29, 0.717) is 0 Å². The molecule has 0 aliphatic rings. The quantitative estimate of drug-likeness (QED) is 0.187. The van der Waals surface area contributed by atoms with E-state index in [9.17, 15) is 14.9 Å². The number of nitro groups is 1. The first-order valence-electron chi connectivity index (χ1n) is 8.75. The van der Waals surface area contributed by atoms with Crippen molar-refractivity contribution >= 4 is 55.7 Å². The third-order valence-corrected chi connectivity index (χ3v) is 4.88. The van der Waals surface area contributed by atoms with Gasteiger partial charge in [-0.25, -0.2) is 4.79 Å². The van der Waals surface area contributed by atoms with E-state index in [1.165, 1.54) is 12.1 Å². The highest BCUT2D eigenvalue weighted by Gasteiger charge is 2.16. The summed E-state index contributed by atoms with van der Waals surface area (Å²) in [5.41, 5.74) is 1.98. The van der Waals surface area contributed by atoms with Crippen molar-refractivity contribution in [3.8, 4) is 0 Å². The van der Waals surface area contributed by atoms with Crippen LogP contribution in [0.25, 0.3) is 12.2 Å². The summed E-state index contributed by atoms with van der Waals surface area (Å²) in [7, 11) is 0. The molecule has 0 saturated heterocycles. The van der Waals surface area contributed by atoms with Crippen LogP contribution in [-0.4, -0.2) is 23.1 Å². The van der Waals surface area contributed by atoms with Crippen molar-refractivity contribution in [2.24, 2.45) is 0 Å². The van der Waals surface area contributed by atoms with Gasteiger partial charge in [0.2, 0.25) is 0 Å². The molecule has 0 aliphatic heterocycles. The SMILES string of the molecule is CC(C)(C)OC(=O)COCc1cc(Br)c(C=Cc2cccc([N+](=O)[O-])c2)c(Br)c1. The van der Waals surface area contributed by atoms with Crippen molar-refractivity contribution in [2.75, 3.05) is 6.61 Å². The Bertz CT molecular complexity index is 912. The van der Waals surface area contributed by atoms with E-state index in [1.54, 1.807) is 39.0 Å². The Morgan fingerprint density at radius 2 is 1.79 bits per heavy atom. The highest BCUT2D eigenvalue weighted by Crippen LogP contribution is 2.30. The highest BCUT2D eigenvalue weighted by atomic mass is 79.9. The molecule has 0 radical (unpaired) electrons. The molecule has 2 rings (SSSR count). The molecule has 0 heterocycles. The molecule has 0 unspecified atom stereocenters. The number of halogens is 2. The molecular weight excluding hydrogens is 506 g/mol. The van der Waals surface area contributed by atoms with E-state index < -0.39 is 16.5 Å². The Balaban J connectivity index is 2.04. The second-order valence-corrected chi connectivity index (χ2v) is 8.95. The summed E-state index contributed by atoms with van der Waals surface area (Å²) >= 11 is 7.07. The maximum atomic E-state index is 11.7. The lowest BCUT2D eigenvalue weighted by Gasteiger charge is -2.19. The number of nitrogens with zero attached hydrogens (tertiary/aromatic N) is 1. The molecule has 8 heteroatoms. The fourth-order valence-corrected chi connectivity index (χ4v) is 3.97. The van der Waals surface area contributed by atoms with Gasteiger partial charge in [-0.1, -0.05) is 56.1 Å². The third kappa shape index (κ3) is 7.72. The van der Waals surface area contributed by atoms with Gasteiger partial charge < -0.3 is 9.47 Å². The lowest BCUT2D eigenvalue weighted by molar-refractivity contribution is -0.384. The zero-order valence-corrected chi connectivity index (χ0v) is 19.4. The topological polar surface area (TPSA) is 78.7 Å². The van der Waals surface area contributed by atoms with Crippen LogP contribution in [0.15, 0.2) is 45.3 Å². The van der Waals surface area contributed by atoms with Gasteiger partial charge in [-0.15, -0.1) is 0 Å². The van der Waals surface area contributed by atoms with Crippen LogP contribution in [-0.2, 0) is 20.9 Å². The molecule has 154 valence electrons. The minimum atomic E-state index is -0.542. The summed E-state index contributed by atoms with van der Waals surface area (Å²) in [6.45, 7) is 5.54. The Morgan fingerprint density at radius 3 is 2.38 bits per heavy atom. The Kier molecular flexibility index (Phi) is 8.13. The summed E-state index contributed by atoms with van der Waals surface area (Å²) in [4.78, 5) is 22.2. The number of non-ortho nitro benzene ring substituents is 1. The van der Waals surface area contributed by atoms with Gasteiger partial charge in [0.15, 0.2) is 0 Å². The second-order valence-electron chi connectivity index (χ2n) is 7.24. The Morgan fingerprint density at radius 1 is 1.14 bits per heavy atom. The average Bonchev–Trinajstić information content (AvgIpc) is 2.59. The van der Waals surface area contributed by atoms with E-state index in [4.69, 9.17) is 9.47 Å². The number of rotatable bonds is 7. The first kappa shape index (κ1) is 23.3. The zero-order chi connectivity index (χ0) is 21.6. The molecule has 0 bridgehead atoms. The van der Waals surface area contributed by atoms with Gasteiger partial charge >= 0.3 is 5.97 Å². The van der Waals surface area contributed by atoms with E-state index >= 15 is 0 Å². The van der Waals surface area contributed by atoms with Crippen LogP contribution in [0, 0.1) is 10.1 Å². The van der Waals surface area contributed by atoms with Gasteiger partial charge in [0, 0.05) is 26.6 Å². The van der Waals surface area contributed by atoms with E-state index in [0.717, 1.165) is 25.6 Å². The number of hydrogen-bond acceptors (Lipinski definition) is 5. The van der Waals surface area contributed by atoms with Gasteiger partial charge in [-0.05, 0) is 44.0 Å². The molecule has 0 atom stereocenters. The number of benzene rings is 2. The zero-order valence-electron chi connectivity index (χ0n) is 16.3. The lowest BCUT2D eigenvalue weighted by Crippen LogP contribution is -2.26. The summed E-state index contributed by atoms with van der Waals surface area (Å²) in [5.74, 6) is -0.410. The predicted molar refractivity (Wildman–Crippen MR) is 119 cm³/mol. The number of ether oxygens (including phenoxy) is 2. The van der Waals surface area contributed by atoms with Gasteiger partial charge in [-0.3, -0.25) is 10.1 Å². The van der Waals surface area contributed by atoms with Gasteiger partial charge in [0.1, 0.15) is 12.2 Å². The molecule has 0 aromatic heterocycles. The minimum Gasteiger partial charge on any atom is -0.458 e. The van der Waals surface area contributed by atoms with Crippen molar-refractivity contribution < 1.29 is 19.2 Å². The first-order chi connectivity index (χ1) is 13.5. The van der Waals surface area contributed by atoms with Gasteiger partial charge in [-0.2, -0.15) is 0 Å². The number of esters is 1. The van der Waals surface area contributed by atoms with Crippen LogP contribution >= 0.6 is 31.9 Å². The van der Waals surface area contributed by atoms with Crippen LogP contribution in [0.2, 0.25) is 0 Å². The standard InChI is InChI=1S/C21H21Br2NO5/c1-21(2,3)29-20(25)13-28-12-15-10-18(22)17(19(23)11-15)8-7-14-5-4-6-16(9-14)24(26)27/h4-11H,12-13H2,1-3H3. The highest BCUT2D eigenvalue weighted by molar-refractivity contribution is 9.11. The van der Waals surface area contributed by atoms with Gasteiger partial charge in [0.25, 0.3) is 5.69 Å². The monoisotopic (exact) mass is 525 g/mol. The molecule has 2 aromatic carbocycles. The molecule has 6 nitrogen and oxygen atoms in total. The third-order valence-electron chi connectivity index (χ3n) is 3.57. The summed E-state index contributed by atoms with van der Waals surface area (Å²) in [6, 6.07) is 10.2. The summed E-state index contributed by atoms with van der Waals surface area (Å²) in [5, 5.41) is 10.9. The molecule has 0 fully saturated rings. The summed E-state index contributed by atoms with van der Waals surface area (Å²) < 4.78 is 12.3. The molecule has 0 saturated carbocycles. The van der Waals surface area contributed by atoms with Crippen LogP contribution in [0.3, 0.4) is 0 Å². The molecular formula is C21H21Br2NO5. The maximum absolute atomic E-state index is 11.7. The smallest absolute Gasteiger partial charge is 0.332 e. The fourth-order valence-electron chi connectivity index (χ4n) is 2.42. The molecule has 0 spiro atoms. The van der Waals surface area contributed by atoms with E-state index in [1.807, 2.05) is 18.2 Å². The normalized spacial score (nSPS) is 11.6. The fraction of sp³-hybridized carbons (Fsp3) is 0.286. The number of hydrogen-bond donors (Lipinski definition) is 0. The van der Waals surface area contributed by atoms with Crippen LogP contribution in [0.5, 0.6) is 0 Å². The van der Waals surface area contributed by atoms with Crippen molar-refractivity contribution in [1.29, 1.82) is 0 Å². The van der Waals surface area contributed by atoms with Gasteiger partial charge in [0.05, 0.1) is 11.5 Å². The second kappa shape index (κ2) is 10.1. The minimum absolute atomic E-state index is 0.0442. The van der Waals surface area contributed by atoms with E-state index in [-0.39, 0.29) is 18.9 Å². The van der Waals surface area contributed by atoms with Crippen molar-refractivity contribution in [1.82, 2.24) is 0 Å². The predicted octanol–water partition coefficient (Wildman–Crippen LogP) is 6.15. The maximum Gasteiger partial charge on any atom is 0.332 e. The Labute approximate surface area is 186 Å². The van der Waals surface area contributed by atoms with Crippen LogP contribution in [0.1, 0.15) is 37.5 Å². The molecule has 0 amide bonds. The van der Waals surface area contributed by atoms with Crippen LogP contribution < -0.4 is 0 Å². The number of carbonyl (C=O) groups excluding carboxylic acids is 1. The largest absolute Gasteiger partial charge is 0.458 e. The Hall–Kier alpha value is -2.03. The molecule has 0 N–H and O–H groups in total. The molecule has 2 aromatic rings. The number of carbonyl (C=O) groups is 1. The van der Waals surface area contributed by atoms with E-state index in [2.05, 4.69) is 31.9 Å². The number of nitro benzene ring substituents is 1. The molecule has 29 heavy (non-hydrogen) atoms.